The molecule has 2 N–H and O–H groups in total. The standard InChI is InChI=1S/C21H34N4O3.HI/c1-27-21(26)25-13-10-18(11-14-25)24-20(22-12-9-19-8-5-15-28-19)23-16-17-6-3-2-4-7-17;/h5,8,15,17-18H,2-4,6-7,9-14,16H2,1H3,(H2,22,23,24);1H. The van der Waals surface area contributed by atoms with Crippen molar-refractivity contribution in [2.24, 2.45) is 10.9 Å². The van der Waals surface area contributed by atoms with Gasteiger partial charge in [0.2, 0.25) is 0 Å². The first-order valence-electron chi connectivity index (χ1n) is 10.6. The van der Waals surface area contributed by atoms with Crippen molar-refractivity contribution in [3.63, 3.8) is 0 Å². The van der Waals surface area contributed by atoms with E-state index in [1.54, 1.807) is 11.2 Å². The number of nitrogens with zero attached hydrogens (tertiary/aromatic N) is 2. The van der Waals surface area contributed by atoms with E-state index in [0.717, 1.165) is 44.1 Å². The summed E-state index contributed by atoms with van der Waals surface area (Å²) in [6.07, 6.45) is 10.7. The van der Waals surface area contributed by atoms with Gasteiger partial charge in [-0.1, -0.05) is 19.3 Å². The van der Waals surface area contributed by atoms with Crippen molar-refractivity contribution in [1.29, 1.82) is 0 Å². The van der Waals surface area contributed by atoms with Crippen molar-refractivity contribution in [1.82, 2.24) is 15.5 Å². The fraction of sp³-hybridized carbons (Fsp3) is 0.714. The number of rotatable bonds is 6. The van der Waals surface area contributed by atoms with Crippen molar-refractivity contribution in [3.05, 3.63) is 24.2 Å². The van der Waals surface area contributed by atoms with Gasteiger partial charge < -0.3 is 24.7 Å². The molecule has 7 nitrogen and oxygen atoms in total. The summed E-state index contributed by atoms with van der Waals surface area (Å²) in [5.74, 6) is 2.57. The van der Waals surface area contributed by atoms with Crippen LogP contribution in [0, 0.1) is 5.92 Å². The molecule has 0 spiro atoms. The summed E-state index contributed by atoms with van der Waals surface area (Å²) >= 11 is 0. The molecule has 0 aromatic carbocycles. The monoisotopic (exact) mass is 518 g/mol. The van der Waals surface area contributed by atoms with Crippen LogP contribution in [-0.4, -0.2) is 56.3 Å². The van der Waals surface area contributed by atoms with Crippen LogP contribution in [0.5, 0.6) is 0 Å². The van der Waals surface area contributed by atoms with Crippen LogP contribution in [0.2, 0.25) is 0 Å². The Bertz CT molecular complexity index is 609. The molecule has 1 saturated carbocycles. The second kappa shape index (κ2) is 13.0. The molecular weight excluding hydrogens is 483 g/mol. The zero-order valence-electron chi connectivity index (χ0n) is 17.4. The van der Waals surface area contributed by atoms with Crippen LogP contribution in [0.15, 0.2) is 27.8 Å². The average molecular weight is 518 g/mol. The molecule has 1 saturated heterocycles. The lowest BCUT2D eigenvalue weighted by Crippen LogP contribution is -2.50. The lowest BCUT2D eigenvalue weighted by molar-refractivity contribution is 0.111. The average Bonchev–Trinajstić information content (AvgIpc) is 3.26. The highest BCUT2D eigenvalue weighted by molar-refractivity contribution is 14.0. The lowest BCUT2D eigenvalue weighted by Gasteiger charge is -2.32. The largest absolute Gasteiger partial charge is 0.469 e. The van der Waals surface area contributed by atoms with E-state index in [9.17, 15) is 4.79 Å². The lowest BCUT2D eigenvalue weighted by atomic mass is 9.89. The van der Waals surface area contributed by atoms with Crippen molar-refractivity contribution in [2.45, 2.75) is 57.4 Å². The summed E-state index contributed by atoms with van der Waals surface area (Å²) in [4.78, 5) is 18.3. The summed E-state index contributed by atoms with van der Waals surface area (Å²) in [7, 11) is 1.44. The molecule has 0 radical (unpaired) electrons. The third-order valence-corrected chi connectivity index (χ3v) is 5.74. The number of nitrogens with one attached hydrogen (secondary N) is 2. The Hall–Kier alpha value is -1.45. The molecule has 1 aromatic rings. The van der Waals surface area contributed by atoms with Crippen molar-refractivity contribution in [3.8, 4) is 0 Å². The minimum atomic E-state index is -0.235. The van der Waals surface area contributed by atoms with Gasteiger partial charge >= 0.3 is 6.09 Å². The minimum absolute atomic E-state index is 0. The van der Waals surface area contributed by atoms with Crippen LogP contribution in [0.1, 0.15) is 50.7 Å². The zero-order chi connectivity index (χ0) is 19.6. The summed E-state index contributed by atoms with van der Waals surface area (Å²) in [5.41, 5.74) is 0. The summed E-state index contributed by atoms with van der Waals surface area (Å²) in [6, 6.07) is 4.24. The predicted molar refractivity (Wildman–Crippen MR) is 125 cm³/mol. The molecule has 3 rings (SSSR count). The van der Waals surface area contributed by atoms with Crippen molar-refractivity contribution < 1.29 is 13.9 Å². The molecule has 8 heteroatoms. The molecule has 2 heterocycles. The van der Waals surface area contributed by atoms with E-state index < -0.39 is 0 Å². The van der Waals surface area contributed by atoms with E-state index in [2.05, 4.69) is 10.6 Å². The number of furan rings is 1. The maximum absolute atomic E-state index is 11.7. The molecule has 2 fully saturated rings. The molecule has 1 amide bonds. The fourth-order valence-corrected chi connectivity index (χ4v) is 4.03. The zero-order valence-corrected chi connectivity index (χ0v) is 19.7. The number of hydrogen-bond donors (Lipinski definition) is 2. The van der Waals surface area contributed by atoms with Gasteiger partial charge in [0, 0.05) is 38.6 Å². The SMILES string of the molecule is COC(=O)N1CCC(NC(=NCC2CCCCC2)NCCc2ccco2)CC1.I. The van der Waals surface area contributed by atoms with Gasteiger partial charge in [-0.05, 0) is 43.7 Å². The van der Waals surface area contributed by atoms with Gasteiger partial charge in [-0.25, -0.2) is 4.79 Å². The van der Waals surface area contributed by atoms with E-state index in [0.29, 0.717) is 25.0 Å². The smallest absolute Gasteiger partial charge is 0.409 e. The molecular formula is C21H35IN4O3. The summed E-state index contributed by atoms with van der Waals surface area (Å²) in [6.45, 7) is 3.10. The number of carbonyl (C=O) groups excluding carboxylic acids is 1. The van der Waals surface area contributed by atoms with Crippen LogP contribution in [0.3, 0.4) is 0 Å². The molecule has 1 aliphatic heterocycles. The third kappa shape index (κ3) is 8.06. The number of carbonyl (C=O) groups is 1. The number of piperidine rings is 1. The topological polar surface area (TPSA) is 79.1 Å². The number of amides is 1. The maximum Gasteiger partial charge on any atom is 0.409 e. The normalized spacial score (nSPS) is 18.8. The molecule has 2 aliphatic rings. The highest BCUT2D eigenvalue weighted by atomic mass is 127. The van der Waals surface area contributed by atoms with Crippen molar-refractivity contribution in [2.75, 3.05) is 33.3 Å². The van der Waals surface area contributed by atoms with Gasteiger partial charge in [0.15, 0.2) is 5.96 Å². The Morgan fingerprint density at radius 1 is 1.24 bits per heavy atom. The number of likely N-dealkylation sites (tertiary alicyclic amines) is 1. The number of aliphatic imine (C=N–C) groups is 1. The Morgan fingerprint density at radius 2 is 2.00 bits per heavy atom. The van der Waals surface area contributed by atoms with Gasteiger partial charge in [-0.2, -0.15) is 0 Å². The van der Waals surface area contributed by atoms with Gasteiger partial charge in [0.05, 0.1) is 13.4 Å². The second-order valence-electron chi connectivity index (χ2n) is 7.83. The molecule has 0 bridgehead atoms. The van der Waals surface area contributed by atoms with Gasteiger partial charge in [0.1, 0.15) is 5.76 Å². The highest BCUT2D eigenvalue weighted by Crippen LogP contribution is 2.23. The Morgan fingerprint density at radius 3 is 2.66 bits per heavy atom. The van der Waals surface area contributed by atoms with E-state index >= 15 is 0 Å². The quantitative estimate of drug-likeness (QED) is 0.341. The maximum atomic E-state index is 11.7. The number of guanidine groups is 1. The molecule has 1 aliphatic carbocycles. The first-order valence-corrected chi connectivity index (χ1v) is 10.6. The first-order chi connectivity index (χ1) is 13.7. The minimum Gasteiger partial charge on any atom is -0.469 e. The molecule has 164 valence electrons. The number of methoxy groups -OCH3 is 1. The predicted octanol–water partition coefficient (Wildman–Crippen LogP) is 3.79. The second-order valence-corrected chi connectivity index (χ2v) is 7.83. The van der Waals surface area contributed by atoms with Crippen LogP contribution >= 0.6 is 24.0 Å². The van der Waals surface area contributed by atoms with E-state index in [-0.39, 0.29) is 30.1 Å². The van der Waals surface area contributed by atoms with Crippen LogP contribution in [-0.2, 0) is 11.2 Å². The van der Waals surface area contributed by atoms with Gasteiger partial charge in [0.25, 0.3) is 0 Å². The Kier molecular flexibility index (Phi) is 10.7. The Balaban J connectivity index is 0.00000300. The van der Waals surface area contributed by atoms with Crippen LogP contribution in [0.25, 0.3) is 0 Å². The van der Waals surface area contributed by atoms with E-state index in [1.807, 2.05) is 12.1 Å². The van der Waals surface area contributed by atoms with Crippen LogP contribution < -0.4 is 10.6 Å². The molecule has 0 unspecified atom stereocenters. The number of halogens is 1. The van der Waals surface area contributed by atoms with Crippen LogP contribution in [0.4, 0.5) is 4.79 Å². The Labute approximate surface area is 191 Å². The van der Waals surface area contributed by atoms with Gasteiger partial charge in [-0.15, -0.1) is 24.0 Å². The fourth-order valence-electron chi connectivity index (χ4n) is 4.03. The molecule has 29 heavy (non-hydrogen) atoms. The van der Waals surface area contributed by atoms with E-state index in [4.69, 9.17) is 14.1 Å². The summed E-state index contributed by atoms with van der Waals surface area (Å²) < 4.78 is 10.2. The first kappa shape index (κ1) is 23.8. The number of hydrogen-bond acceptors (Lipinski definition) is 4. The number of ether oxygens (including phenoxy) is 1. The molecule has 1 aromatic heterocycles. The van der Waals surface area contributed by atoms with Crippen molar-refractivity contribution >= 4 is 36.0 Å². The van der Waals surface area contributed by atoms with Gasteiger partial charge in [-0.3, -0.25) is 4.99 Å². The highest BCUT2D eigenvalue weighted by Gasteiger charge is 2.24. The third-order valence-electron chi connectivity index (χ3n) is 5.74. The summed E-state index contributed by atoms with van der Waals surface area (Å²) in [5, 5.41) is 7.05. The van der Waals surface area contributed by atoms with E-state index in [1.165, 1.54) is 39.2 Å². The molecule has 0 atom stereocenters.